The van der Waals surface area contributed by atoms with E-state index in [1.165, 1.54) is 122 Å². The number of hydrogen-bond acceptors (Lipinski definition) is 8. The van der Waals surface area contributed by atoms with Crippen LogP contribution in [0.3, 0.4) is 0 Å². The van der Waals surface area contributed by atoms with Crippen molar-refractivity contribution in [2.75, 3.05) is 26.4 Å². The molecule has 0 radical (unpaired) electrons. The molecule has 0 aliphatic heterocycles. The number of rotatable bonds is 67. The molecule has 3 N–H and O–H groups in total. The lowest BCUT2D eigenvalue weighted by Crippen LogP contribution is -2.29. The van der Waals surface area contributed by atoms with E-state index in [1.807, 2.05) is 0 Å². The number of nitrogens with two attached hydrogens (primary N) is 1. The zero-order valence-electron chi connectivity index (χ0n) is 58.0. The molecule has 9 nitrogen and oxygen atoms in total. The lowest BCUT2D eigenvalue weighted by molar-refractivity contribution is -0.161. The molecular weight excluding hydrogens is 1150 g/mol. The molecule has 0 aliphatic rings. The van der Waals surface area contributed by atoms with E-state index in [2.05, 4.69) is 184 Å². The summed E-state index contributed by atoms with van der Waals surface area (Å²) >= 11 is 0. The topological polar surface area (TPSA) is 134 Å². The van der Waals surface area contributed by atoms with Crippen molar-refractivity contribution in [3.8, 4) is 0 Å². The van der Waals surface area contributed by atoms with E-state index < -0.39 is 26.5 Å². The number of phosphoric ester groups is 1. The Labute approximate surface area is 559 Å². The number of hydrogen-bond donors (Lipinski definition) is 2. The highest BCUT2D eigenvalue weighted by atomic mass is 31.2. The lowest BCUT2D eigenvalue weighted by Gasteiger charge is -2.19. The Kier molecular flexibility index (Phi) is 70.6. The van der Waals surface area contributed by atoms with Gasteiger partial charge in [0.2, 0.25) is 0 Å². The Hall–Kier alpha value is -4.63. The van der Waals surface area contributed by atoms with Gasteiger partial charge in [-0.25, -0.2) is 4.57 Å². The first kappa shape index (κ1) is 86.4. The van der Waals surface area contributed by atoms with E-state index in [4.69, 9.17) is 24.3 Å². The molecular formula is C81H134NO8P. The second-order valence-electron chi connectivity index (χ2n) is 23.7. The number of phosphoric acid groups is 1. The number of carbonyl (C=O) groups excluding carboxylic acids is 2. The van der Waals surface area contributed by atoms with Crippen molar-refractivity contribution in [1.82, 2.24) is 0 Å². The van der Waals surface area contributed by atoms with Gasteiger partial charge in [-0.2, -0.15) is 0 Å². The van der Waals surface area contributed by atoms with Gasteiger partial charge in [-0.1, -0.05) is 325 Å². The van der Waals surface area contributed by atoms with Gasteiger partial charge in [-0.3, -0.25) is 18.6 Å². The van der Waals surface area contributed by atoms with E-state index >= 15 is 0 Å². The average Bonchev–Trinajstić information content (AvgIpc) is 3.68. The monoisotopic (exact) mass is 1280 g/mol. The first-order chi connectivity index (χ1) is 44.8. The summed E-state index contributed by atoms with van der Waals surface area (Å²) in [6.45, 7) is 3.51. The minimum Gasteiger partial charge on any atom is -0.462 e. The highest BCUT2D eigenvalue weighted by molar-refractivity contribution is 7.47. The summed E-state index contributed by atoms with van der Waals surface area (Å²) < 4.78 is 33.2. The lowest BCUT2D eigenvalue weighted by atomic mass is 10.0. The van der Waals surface area contributed by atoms with Gasteiger partial charge in [0.15, 0.2) is 6.10 Å². The molecule has 0 aliphatic carbocycles. The summed E-state index contributed by atoms with van der Waals surface area (Å²) in [5, 5.41) is 0. The number of carbonyl (C=O) groups is 2. The van der Waals surface area contributed by atoms with Crippen molar-refractivity contribution in [3.05, 3.63) is 170 Å². The van der Waals surface area contributed by atoms with Crippen molar-refractivity contribution in [1.29, 1.82) is 0 Å². The Morgan fingerprint density at radius 1 is 0.330 bits per heavy atom. The molecule has 0 saturated carbocycles. The van der Waals surface area contributed by atoms with Gasteiger partial charge >= 0.3 is 19.8 Å². The van der Waals surface area contributed by atoms with Crippen LogP contribution in [0, 0.1) is 0 Å². The molecule has 2 unspecified atom stereocenters. The first-order valence-electron chi connectivity index (χ1n) is 36.6. The van der Waals surface area contributed by atoms with E-state index in [0.717, 1.165) is 141 Å². The van der Waals surface area contributed by atoms with Gasteiger partial charge in [0.05, 0.1) is 13.2 Å². The predicted molar refractivity (Wildman–Crippen MR) is 394 cm³/mol. The predicted octanol–water partition coefficient (Wildman–Crippen LogP) is 24.5. The summed E-state index contributed by atoms with van der Waals surface area (Å²) in [6.07, 6.45) is 110. The van der Waals surface area contributed by atoms with Crippen molar-refractivity contribution >= 4 is 19.8 Å². The largest absolute Gasteiger partial charge is 0.472 e. The number of allylic oxidation sites excluding steroid dienone is 28. The van der Waals surface area contributed by atoms with Crippen molar-refractivity contribution in [2.45, 2.75) is 302 Å². The summed E-state index contributed by atoms with van der Waals surface area (Å²) in [7, 11) is -4.41. The van der Waals surface area contributed by atoms with Crippen molar-refractivity contribution in [2.24, 2.45) is 5.73 Å². The van der Waals surface area contributed by atoms with Crippen molar-refractivity contribution < 1.29 is 37.6 Å². The van der Waals surface area contributed by atoms with E-state index in [9.17, 15) is 19.0 Å². The first-order valence-corrected chi connectivity index (χ1v) is 38.1. The van der Waals surface area contributed by atoms with Crippen LogP contribution in [0.25, 0.3) is 0 Å². The molecule has 0 aromatic carbocycles. The highest BCUT2D eigenvalue weighted by Gasteiger charge is 2.26. The number of esters is 2. The third kappa shape index (κ3) is 74.3. The van der Waals surface area contributed by atoms with Crippen LogP contribution in [-0.2, 0) is 32.7 Å². The Morgan fingerprint density at radius 3 is 0.846 bits per heavy atom. The summed E-state index contributed by atoms with van der Waals surface area (Å²) in [6, 6.07) is 0. The van der Waals surface area contributed by atoms with E-state index in [1.54, 1.807) is 0 Å². The van der Waals surface area contributed by atoms with Gasteiger partial charge in [0.25, 0.3) is 0 Å². The van der Waals surface area contributed by atoms with E-state index in [-0.39, 0.29) is 38.6 Å². The number of unbranched alkanes of at least 4 members (excludes halogenated alkanes) is 26. The summed E-state index contributed by atoms with van der Waals surface area (Å²) in [4.78, 5) is 35.4. The molecule has 0 heterocycles. The fraction of sp³-hybridized carbons (Fsp3) is 0.630. The second kappa shape index (κ2) is 74.4. The van der Waals surface area contributed by atoms with Crippen LogP contribution >= 0.6 is 7.82 Å². The minimum absolute atomic E-state index is 0.0444. The van der Waals surface area contributed by atoms with Crippen LogP contribution in [0.15, 0.2) is 170 Å². The van der Waals surface area contributed by atoms with Gasteiger partial charge in [0, 0.05) is 19.4 Å². The third-order valence-corrected chi connectivity index (χ3v) is 16.1. The van der Waals surface area contributed by atoms with Crippen LogP contribution in [0.4, 0.5) is 0 Å². The molecule has 10 heteroatoms. The molecule has 2 atom stereocenters. The maximum absolute atomic E-state index is 12.8. The molecule has 0 spiro atoms. The van der Waals surface area contributed by atoms with Gasteiger partial charge < -0.3 is 20.1 Å². The van der Waals surface area contributed by atoms with Gasteiger partial charge in [0.1, 0.15) is 6.61 Å². The van der Waals surface area contributed by atoms with Crippen LogP contribution in [0.2, 0.25) is 0 Å². The molecule has 0 saturated heterocycles. The number of ether oxygens (including phenoxy) is 2. The Morgan fingerprint density at radius 2 is 0.571 bits per heavy atom. The zero-order valence-corrected chi connectivity index (χ0v) is 58.9. The fourth-order valence-corrected chi connectivity index (χ4v) is 10.5. The zero-order chi connectivity index (χ0) is 65.8. The molecule has 0 aromatic rings. The maximum atomic E-state index is 12.8. The molecule has 0 amide bonds. The molecule has 0 bridgehead atoms. The SMILES string of the molecule is CC/C=C\C/C=C\C/C=C\C/C=C\C/C=C\C/C=C\C/C=C\C/C=C\C/C=C\CCCCCCCCCC(=O)OC(COC(=O)CCCCCCCCCCCCCCCCCCCCC/C=C\C/C=C\C/C=C\C/C=C\C/C=C\CC)COP(=O)(O)OCCN. The summed E-state index contributed by atoms with van der Waals surface area (Å²) in [5.74, 6) is -0.842. The molecule has 91 heavy (non-hydrogen) atoms. The van der Waals surface area contributed by atoms with Gasteiger partial charge in [-0.15, -0.1) is 0 Å². The smallest absolute Gasteiger partial charge is 0.462 e. The molecule has 0 aromatic heterocycles. The summed E-state index contributed by atoms with van der Waals surface area (Å²) in [5.41, 5.74) is 5.41. The second-order valence-corrected chi connectivity index (χ2v) is 25.1. The third-order valence-electron chi connectivity index (χ3n) is 15.1. The van der Waals surface area contributed by atoms with Crippen LogP contribution < -0.4 is 5.73 Å². The van der Waals surface area contributed by atoms with Crippen LogP contribution in [-0.4, -0.2) is 49.3 Å². The van der Waals surface area contributed by atoms with Crippen LogP contribution in [0.1, 0.15) is 296 Å². The highest BCUT2D eigenvalue weighted by Crippen LogP contribution is 2.43. The Bertz CT molecular complexity index is 2100. The molecule has 0 fully saturated rings. The maximum Gasteiger partial charge on any atom is 0.472 e. The molecule has 0 rings (SSSR count). The average molecular weight is 1280 g/mol. The Balaban J connectivity index is 3.93. The standard InChI is InChI=1S/C81H134NO8P/c1-3-5-7-9-11-13-15-17-19-21-23-25-27-29-31-33-35-37-39-41-43-45-47-49-51-53-55-57-59-61-63-65-67-69-71-73-80(83)87-77-79(78-89-91(85,86)88-76-75-82)90-81(84)74-72-70-68-66-64-62-60-58-56-54-52-50-48-46-44-42-40-38-36-34-32-30-28-26-24-22-20-18-16-14-12-10-8-6-4-2/h5-8,11-14,17-20,23-26,29-32,36,38,42,44,48,50,54,56,79H,3-4,9-10,15-16,21-22,27-28,33-35,37,39-41,43,45-47,49,51-53,55,57-78,82H2,1-2H3,(H,85,86)/b7-5-,8-6-,13-11-,14-12-,19-17-,20-18-,25-23-,26-24-,31-29-,32-30-,38-36-,44-42-,50-48-,56-54-. The normalized spacial score (nSPS) is 13.9. The van der Waals surface area contributed by atoms with E-state index in [0.29, 0.717) is 6.42 Å². The minimum atomic E-state index is -4.41. The molecule has 516 valence electrons. The van der Waals surface area contributed by atoms with Crippen molar-refractivity contribution in [3.63, 3.8) is 0 Å². The van der Waals surface area contributed by atoms with Gasteiger partial charge in [-0.05, 0) is 128 Å². The fourth-order valence-electron chi connectivity index (χ4n) is 9.78. The van der Waals surface area contributed by atoms with Crippen LogP contribution in [0.5, 0.6) is 0 Å². The quantitative estimate of drug-likeness (QED) is 0.0264.